The second-order valence-electron chi connectivity index (χ2n) is 14.3. The predicted octanol–water partition coefficient (Wildman–Crippen LogP) is 14.7. The first-order chi connectivity index (χ1) is 27.7. The molecule has 0 saturated carbocycles. The molecule has 0 aliphatic heterocycles. The molecule has 0 amide bonds. The van der Waals surface area contributed by atoms with Crippen LogP contribution >= 0.6 is 0 Å². The first-order valence-corrected chi connectivity index (χ1v) is 18.8. The summed E-state index contributed by atoms with van der Waals surface area (Å²) in [6, 6.07) is 63.2. The van der Waals surface area contributed by atoms with E-state index in [9.17, 15) is 0 Å². The number of hydrogen-bond acceptors (Lipinski definition) is 5. The van der Waals surface area contributed by atoms with Crippen LogP contribution in [0.2, 0.25) is 0 Å². The molecule has 0 atom stereocenters. The molecule has 56 heavy (non-hydrogen) atoms. The number of fused-ring (bicyclic) bond motifs is 11. The van der Waals surface area contributed by atoms with E-state index in [1.54, 1.807) is 0 Å². The summed E-state index contributed by atoms with van der Waals surface area (Å²) in [4.78, 5) is 7.30. The summed E-state index contributed by atoms with van der Waals surface area (Å²) < 4.78 is 19.6. The van der Waals surface area contributed by atoms with Gasteiger partial charge < -0.3 is 18.2 Å². The zero-order chi connectivity index (χ0) is 36.7. The van der Waals surface area contributed by atoms with Crippen molar-refractivity contribution in [3.63, 3.8) is 0 Å². The standard InChI is InChI=1S/C51H30N2O3/c1-2-9-31(10-3-1)32-17-21-35(22-18-32)51-52-43-27-24-34-20-19-33-23-25-36(29-41(33)48(34)50(43)56-51)53(37-26-28-47-42(30-37)39-12-5-6-15-45(39)54-47)44-14-8-13-40-38-11-4-7-16-46(38)55-49(40)44/h1-30H. The highest BCUT2D eigenvalue weighted by atomic mass is 16.3. The molecule has 12 rings (SSSR count). The van der Waals surface area contributed by atoms with E-state index in [0.717, 1.165) is 105 Å². The van der Waals surface area contributed by atoms with Gasteiger partial charge in [0.05, 0.1) is 5.69 Å². The van der Waals surface area contributed by atoms with Crippen LogP contribution in [0, 0.1) is 0 Å². The van der Waals surface area contributed by atoms with Gasteiger partial charge in [-0.15, -0.1) is 0 Å². The topological polar surface area (TPSA) is 55.6 Å². The van der Waals surface area contributed by atoms with Crippen LogP contribution in [0.15, 0.2) is 195 Å². The van der Waals surface area contributed by atoms with Crippen LogP contribution in [0.5, 0.6) is 0 Å². The summed E-state index contributed by atoms with van der Waals surface area (Å²) >= 11 is 0. The normalized spacial score (nSPS) is 11.9. The fourth-order valence-electron chi connectivity index (χ4n) is 8.40. The monoisotopic (exact) mass is 718 g/mol. The van der Waals surface area contributed by atoms with E-state index in [1.807, 2.05) is 30.3 Å². The van der Waals surface area contributed by atoms with Crippen molar-refractivity contribution < 1.29 is 13.3 Å². The quantitative estimate of drug-likeness (QED) is 0.166. The Morgan fingerprint density at radius 3 is 1.82 bits per heavy atom. The molecule has 0 unspecified atom stereocenters. The second-order valence-corrected chi connectivity index (χ2v) is 14.3. The Labute approximate surface area is 320 Å². The van der Waals surface area contributed by atoms with Gasteiger partial charge in [-0.3, -0.25) is 0 Å². The minimum absolute atomic E-state index is 0.596. The van der Waals surface area contributed by atoms with Crippen molar-refractivity contribution in [2.75, 3.05) is 4.90 Å². The Morgan fingerprint density at radius 1 is 0.375 bits per heavy atom. The SMILES string of the molecule is c1ccc(-c2ccc(-c3nc4ccc5ccc6ccc(N(c7ccc8oc9ccccc9c8c7)c7cccc8c7oc7ccccc78)cc6c5c4o3)cc2)cc1. The lowest BCUT2D eigenvalue weighted by Crippen LogP contribution is -2.10. The number of benzene rings is 9. The Balaban J connectivity index is 1.07. The number of anilines is 3. The Morgan fingerprint density at radius 2 is 0.982 bits per heavy atom. The van der Waals surface area contributed by atoms with E-state index in [2.05, 4.69) is 157 Å². The van der Waals surface area contributed by atoms with Gasteiger partial charge in [0.2, 0.25) is 5.89 Å². The van der Waals surface area contributed by atoms with Crippen LogP contribution in [-0.2, 0) is 0 Å². The zero-order valence-corrected chi connectivity index (χ0v) is 29.9. The van der Waals surface area contributed by atoms with Crippen molar-refractivity contribution in [2.24, 2.45) is 0 Å². The molecular formula is C51H30N2O3. The lowest BCUT2D eigenvalue weighted by molar-refractivity contribution is 0.623. The van der Waals surface area contributed by atoms with E-state index in [4.69, 9.17) is 18.2 Å². The minimum atomic E-state index is 0.596. The summed E-state index contributed by atoms with van der Waals surface area (Å²) in [5.74, 6) is 0.596. The number of para-hydroxylation sites is 3. The Hall–Kier alpha value is -7.63. The Bertz CT molecular complexity index is 3480. The maximum Gasteiger partial charge on any atom is 0.227 e. The first kappa shape index (κ1) is 30.8. The van der Waals surface area contributed by atoms with Crippen LogP contribution in [0.25, 0.3) is 99.1 Å². The predicted molar refractivity (Wildman–Crippen MR) is 229 cm³/mol. The summed E-state index contributed by atoms with van der Waals surface area (Å²) in [5.41, 5.74) is 11.2. The fraction of sp³-hybridized carbons (Fsp3) is 0. The molecule has 0 N–H and O–H groups in total. The van der Waals surface area contributed by atoms with Crippen LogP contribution in [0.3, 0.4) is 0 Å². The van der Waals surface area contributed by atoms with Gasteiger partial charge in [0, 0.05) is 43.9 Å². The van der Waals surface area contributed by atoms with Gasteiger partial charge in [0.1, 0.15) is 22.3 Å². The fourth-order valence-corrected chi connectivity index (χ4v) is 8.40. The summed E-state index contributed by atoms with van der Waals surface area (Å²) in [6.07, 6.45) is 0. The van der Waals surface area contributed by atoms with Gasteiger partial charge in [-0.2, -0.15) is 0 Å². The van der Waals surface area contributed by atoms with Crippen molar-refractivity contribution in [2.45, 2.75) is 0 Å². The third kappa shape index (κ3) is 4.71. The highest BCUT2D eigenvalue weighted by Crippen LogP contribution is 2.45. The molecule has 0 aliphatic carbocycles. The molecule has 5 nitrogen and oxygen atoms in total. The smallest absolute Gasteiger partial charge is 0.227 e. The number of hydrogen-bond donors (Lipinski definition) is 0. The molecule has 0 fully saturated rings. The molecule has 5 heteroatoms. The van der Waals surface area contributed by atoms with E-state index in [1.165, 1.54) is 5.56 Å². The molecule has 0 saturated heterocycles. The lowest BCUT2D eigenvalue weighted by Gasteiger charge is -2.26. The molecule has 0 spiro atoms. The Kier molecular flexibility index (Phi) is 6.56. The molecule has 0 bridgehead atoms. The highest BCUT2D eigenvalue weighted by molar-refractivity contribution is 6.19. The number of aromatic nitrogens is 1. The molecule has 262 valence electrons. The summed E-state index contributed by atoms with van der Waals surface area (Å²) in [6.45, 7) is 0. The number of rotatable bonds is 5. The van der Waals surface area contributed by atoms with Gasteiger partial charge in [0.15, 0.2) is 11.2 Å². The van der Waals surface area contributed by atoms with Crippen molar-refractivity contribution in [3.05, 3.63) is 182 Å². The van der Waals surface area contributed by atoms with Crippen molar-refractivity contribution in [1.82, 2.24) is 4.98 Å². The van der Waals surface area contributed by atoms with Gasteiger partial charge in [-0.05, 0) is 94.0 Å². The minimum Gasteiger partial charge on any atom is -0.456 e. The highest BCUT2D eigenvalue weighted by Gasteiger charge is 2.22. The number of furan rings is 2. The molecule has 0 aliphatic rings. The lowest BCUT2D eigenvalue weighted by atomic mass is 10.00. The second kappa shape index (κ2) is 11.9. The molecular weight excluding hydrogens is 689 g/mol. The van der Waals surface area contributed by atoms with Gasteiger partial charge in [-0.1, -0.05) is 115 Å². The zero-order valence-electron chi connectivity index (χ0n) is 29.9. The molecule has 3 aromatic heterocycles. The summed E-state index contributed by atoms with van der Waals surface area (Å²) in [7, 11) is 0. The average molecular weight is 719 g/mol. The molecule has 3 heterocycles. The van der Waals surface area contributed by atoms with Crippen molar-refractivity contribution >= 4 is 93.6 Å². The van der Waals surface area contributed by atoms with Crippen LogP contribution in [0.4, 0.5) is 17.1 Å². The van der Waals surface area contributed by atoms with E-state index in [0.29, 0.717) is 5.89 Å². The van der Waals surface area contributed by atoms with E-state index >= 15 is 0 Å². The van der Waals surface area contributed by atoms with Crippen LogP contribution < -0.4 is 4.90 Å². The third-order valence-corrected chi connectivity index (χ3v) is 11.1. The van der Waals surface area contributed by atoms with Crippen LogP contribution in [0.1, 0.15) is 0 Å². The summed E-state index contributed by atoms with van der Waals surface area (Å²) in [5, 5.41) is 8.58. The molecule has 0 radical (unpaired) electrons. The molecule has 12 aromatic rings. The maximum atomic E-state index is 6.71. The average Bonchev–Trinajstić information content (AvgIpc) is 3.98. The maximum absolute atomic E-state index is 6.71. The number of nitrogens with zero attached hydrogens (tertiary/aromatic N) is 2. The van der Waals surface area contributed by atoms with Crippen molar-refractivity contribution in [1.29, 1.82) is 0 Å². The largest absolute Gasteiger partial charge is 0.456 e. The van der Waals surface area contributed by atoms with Gasteiger partial charge >= 0.3 is 0 Å². The molecule has 9 aromatic carbocycles. The van der Waals surface area contributed by atoms with Crippen molar-refractivity contribution in [3.8, 4) is 22.6 Å². The third-order valence-electron chi connectivity index (χ3n) is 11.1. The van der Waals surface area contributed by atoms with Crippen LogP contribution in [-0.4, -0.2) is 4.98 Å². The van der Waals surface area contributed by atoms with Gasteiger partial charge in [-0.25, -0.2) is 4.98 Å². The first-order valence-electron chi connectivity index (χ1n) is 18.8. The number of oxazole rings is 1. The van der Waals surface area contributed by atoms with Gasteiger partial charge in [0.25, 0.3) is 0 Å². The van der Waals surface area contributed by atoms with E-state index in [-0.39, 0.29) is 0 Å². The van der Waals surface area contributed by atoms with E-state index < -0.39 is 0 Å².